The number of carbonyl (C=O) groups is 2. The highest BCUT2D eigenvalue weighted by molar-refractivity contribution is 5.95. The molecule has 1 aromatic heterocycles. The van der Waals surface area contributed by atoms with Crippen LogP contribution < -0.4 is 5.32 Å². The summed E-state index contributed by atoms with van der Waals surface area (Å²) in [6.07, 6.45) is 6.22. The van der Waals surface area contributed by atoms with Gasteiger partial charge in [-0.05, 0) is 32.1 Å². The van der Waals surface area contributed by atoms with Gasteiger partial charge in [-0.15, -0.1) is 0 Å². The number of likely N-dealkylation sites (tertiary alicyclic amines) is 1. The van der Waals surface area contributed by atoms with Crippen molar-refractivity contribution in [2.24, 2.45) is 7.05 Å². The van der Waals surface area contributed by atoms with Gasteiger partial charge in [-0.2, -0.15) is 5.10 Å². The SMILES string of the molecule is COC1CCCCN(CC(=O)Nc2cn(C)nc2C2CC2)C1=O. The lowest BCUT2D eigenvalue weighted by molar-refractivity contribution is -0.143. The molecule has 1 saturated carbocycles. The molecule has 7 heteroatoms. The number of methoxy groups -OCH3 is 1. The van der Waals surface area contributed by atoms with Crippen LogP contribution >= 0.6 is 0 Å². The van der Waals surface area contributed by atoms with Gasteiger partial charge in [-0.1, -0.05) is 0 Å². The Kier molecular flexibility index (Phi) is 4.66. The minimum atomic E-state index is -0.425. The molecule has 0 spiro atoms. The summed E-state index contributed by atoms with van der Waals surface area (Å²) in [5.74, 6) is 0.197. The first-order valence-electron chi connectivity index (χ1n) is 8.23. The van der Waals surface area contributed by atoms with Gasteiger partial charge in [-0.25, -0.2) is 0 Å². The summed E-state index contributed by atoms with van der Waals surface area (Å²) in [5.41, 5.74) is 1.73. The summed E-state index contributed by atoms with van der Waals surface area (Å²) in [5, 5.41) is 7.35. The van der Waals surface area contributed by atoms with Crippen molar-refractivity contribution in [2.75, 3.05) is 25.5 Å². The summed E-state index contributed by atoms with van der Waals surface area (Å²) in [7, 11) is 3.40. The maximum absolute atomic E-state index is 12.4. The van der Waals surface area contributed by atoms with Gasteiger partial charge < -0.3 is 15.0 Å². The fourth-order valence-electron chi connectivity index (χ4n) is 3.07. The first-order valence-corrected chi connectivity index (χ1v) is 8.23. The third kappa shape index (κ3) is 3.72. The monoisotopic (exact) mass is 320 g/mol. The standard InChI is InChI=1S/C16H24N4O3/c1-19-9-12(15(18-19)11-6-7-11)17-14(21)10-20-8-4-3-5-13(23-2)16(20)22/h9,11,13H,3-8,10H2,1-2H3,(H,17,21). The Balaban J connectivity index is 1.63. The fourth-order valence-corrected chi connectivity index (χ4v) is 3.07. The quantitative estimate of drug-likeness (QED) is 0.886. The van der Waals surface area contributed by atoms with E-state index in [1.807, 2.05) is 13.2 Å². The van der Waals surface area contributed by atoms with Crippen molar-refractivity contribution in [2.45, 2.75) is 44.1 Å². The van der Waals surface area contributed by atoms with Crippen molar-refractivity contribution in [3.63, 3.8) is 0 Å². The van der Waals surface area contributed by atoms with Crippen molar-refractivity contribution in [1.29, 1.82) is 0 Å². The molecule has 2 heterocycles. The summed E-state index contributed by atoms with van der Waals surface area (Å²) < 4.78 is 6.96. The second-order valence-corrected chi connectivity index (χ2v) is 6.40. The van der Waals surface area contributed by atoms with Crippen LogP contribution in [0.1, 0.15) is 43.7 Å². The lowest BCUT2D eigenvalue weighted by atomic mass is 10.2. The van der Waals surface area contributed by atoms with Crippen LogP contribution in [0.4, 0.5) is 5.69 Å². The Labute approximate surface area is 136 Å². The molecule has 0 aromatic carbocycles. The Hall–Kier alpha value is -1.89. The molecule has 1 atom stereocenters. The summed E-state index contributed by atoms with van der Waals surface area (Å²) >= 11 is 0. The summed E-state index contributed by atoms with van der Waals surface area (Å²) in [6, 6.07) is 0. The number of hydrogen-bond acceptors (Lipinski definition) is 4. The number of rotatable bonds is 5. The third-order valence-electron chi connectivity index (χ3n) is 4.45. The molecule has 1 N–H and O–H groups in total. The van der Waals surface area contributed by atoms with Crippen molar-refractivity contribution in [3.8, 4) is 0 Å². The molecule has 1 unspecified atom stereocenters. The molecule has 0 bridgehead atoms. The Morgan fingerprint density at radius 3 is 2.87 bits per heavy atom. The lowest BCUT2D eigenvalue weighted by Crippen LogP contribution is -2.43. The van der Waals surface area contributed by atoms with E-state index in [9.17, 15) is 9.59 Å². The average Bonchev–Trinajstić information content (AvgIpc) is 3.30. The minimum Gasteiger partial charge on any atom is -0.372 e. The number of amides is 2. The van der Waals surface area contributed by atoms with Crippen molar-refractivity contribution < 1.29 is 14.3 Å². The number of aromatic nitrogens is 2. The van der Waals surface area contributed by atoms with E-state index in [4.69, 9.17) is 4.74 Å². The zero-order chi connectivity index (χ0) is 16.4. The molecule has 0 radical (unpaired) electrons. The molecule has 2 amide bonds. The molecular formula is C16H24N4O3. The number of nitrogens with one attached hydrogen (secondary N) is 1. The first kappa shape index (κ1) is 16.0. The van der Waals surface area contributed by atoms with Gasteiger partial charge in [0.2, 0.25) is 5.91 Å². The molecule has 126 valence electrons. The van der Waals surface area contributed by atoms with Crippen LogP contribution in [-0.4, -0.2) is 52.8 Å². The summed E-state index contributed by atoms with van der Waals surface area (Å²) in [4.78, 5) is 26.3. The highest BCUT2D eigenvalue weighted by Crippen LogP contribution is 2.42. The largest absolute Gasteiger partial charge is 0.372 e. The number of anilines is 1. The normalized spacial score (nSPS) is 22.1. The number of hydrogen-bond donors (Lipinski definition) is 1. The van der Waals surface area contributed by atoms with Crippen LogP contribution in [0.5, 0.6) is 0 Å². The number of aryl methyl sites for hydroxylation is 1. The topological polar surface area (TPSA) is 76.5 Å². The highest BCUT2D eigenvalue weighted by atomic mass is 16.5. The van der Waals surface area contributed by atoms with Crippen LogP contribution in [0.3, 0.4) is 0 Å². The van der Waals surface area contributed by atoms with E-state index >= 15 is 0 Å². The molecule has 1 aromatic rings. The van der Waals surface area contributed by atoms with Crippen molar-refractivity contribution in [3.05, 3.63) is 11.9 Å². The van der Waals surface area contributed by atoms with Crippen LogP contribution in [0.15, 0.2) is 6.20 Å². The lowest BCUT2D eigenvalue weighted by Gasteiger charge is -2.23. The van der Waals surface area contributed by atoms with E-state index in [0.29, 0.717) is 12.5 Å². The Morgan fingerprint density at radius 2 is 2.17 bits per heavy atom. The molecule has 2 fully saturated rings. The smallest absolute Gasteiger partial charge is 0.252 e. The van der Waals surface area contributed by atoms with Crippen LogP contribution in [0.25, 0.3) is 0 Å². The highest BCUT2D eigenvalue weighted by Gasteiger charge is 2.31. The van der Waals surface area contributed by atoms with Crippen LogP contribution in [-0.2, 0) is 21.4 Å². The zero-order valence-corrected chi connectivity index (χ0v) is 13.7. The van der Waals surface area contributed by atoms with E-state index in [1.165, 1.54) is 0 Å². The molecule has 2 aliphatic rings. The number of nitrogens with zero attached hydrogens (tertiary/aromatic N) is 3. The van der Waals surface area contributed by atoms with Crippen LogP contribution in [0.2, 0.25) is 0 Å². The van der Waals surface area contributed by atoms with Crippen LogP contribution in [0, 0.1) is 0 Å². The van der Waals surface area contributed by atoms with Crippen molar-refractivity contribution in [1.82, 2.24) is 14.7 Å². The van der Waals surface area contributed by atoms with E-state index in [0.717, 1.165) is 43.5 Å². The third-order valence-corrected chi connectivity index (χ3v) is 4.45. The molecular weight excluding hydrogens is 296 g/mol. The Bertz CT molecular complexity index is 594. The first-order chi connectivity index (χ1) is 11.1. The minimum absolute atomic E-state index is 0.0672. The second-order valence-electron chi connectivity index (χ2n) is 6.40. The molecule has 1 aliphatic carbocycles. The van der Waals surface area contributed by atoms with Gasteiger partial charge in [0.05, 0.1) is 17.9 Å². The average molecular weight is 320 g/mol. The van der Waals surface area contributed by atoms with E-state index in [2.05, 4.69) is 10.4 Å². The van der Waals surface area contributed by atoms with Gasteiger partial charge >= 0.3 is 0 Å². The van der Waals surface area contributed by atoms with Gasteiger partial charge in [0, 0.05) is 32.8 Å². The van der Waals surface area contributed by atoms with Gasteiger partial charge in [0.1, 0.15) is 6.10 Å². The van der Waals surface area contributed by atoms with Gasteiger partial charge in [0.25, 0.3) is 5.91 Å². The fraction of sp³-hybridized carbons (Fsp3) is 0.688. The zero-order valence-electron chi connectivity index (χ0n) is 13.7. The maximum Gasteiger partial charge on any atom is 0.252 e. The predicted molar refractivity (Wildman–Crippen MR) is 85.0 cm³/mol. The molecule has 7 nitrogen and oxygen atoms in total. The van der Waals surface area contributed by atoms with Crippen molar-refractivity contribution >= 4 is 17.5 Å². The predicted octanol–water partition coefficient (Wildman–Crippen LogP) is 1.26. The molecule has 1 aliphatic heterocycles. The molecule has 1 saturated heterocycles. The summed E-state index contributed by atoms with van der Waals surface area (Å²) in [6.45, 7) is 0.673. The van der Waals surface area contributed by atoms with E-state index in [1.54, 1.807) is 16.7 Å². The van der Waals surface area contributed by atoms with Gasteiger partial charge in [0.15, 0.2) is 0 Å². The van der Waals surface area contributed by atoms with Gasteiger partial charge in [-0.3, -0.25) is 14.3 Å². The van der Waals surface area contributed by atoms with E-state index < -0.39 is 6.10 Å². The Morgan fingerprint density at radius 1 is 1.39 bits per heavy atom. The van der Waals surface area contributed by atoms with E-state index in [-0.39, 0.29) is 18.4 Å². The molecule has 23 heavy (non-hydrogen) atoms. The maximum atomic E-state index is 12.4. The molecule has 3 rings (SSSR count). The number of ether oxygens (including phenoxy) is 1. The number of carbonyl (C=O) groups excluding carboxylic acids is 2. The second kappa shape index (κ2) is 6.70.